The minimum atomic E-state index is -0.726. The zero-order valence-electron chi connectivity index (χ0n) is 20.8. The summed E-state index contributed by atoms with van der Waals surface area (Å²) < 4.78 is 5.12. The molecule has 1 aliphatic rings. The number of aliphatic hydroxyl groups excluding tert-OH is 1. The molecule has 2 aromatic rings. The van der Waals surface area contributed by atoms with E-state index < -0.39 is 23.7 Å². The van der Waals surface area contributed by atoms with E-state index in [0.29, 0.717) is 23.4 Å². The van der Waals surface area contributed by atoms with Crippen LogP contribution in [0.1, 0.15) is 75.8 Å². The third kappa shape index (κ3) is 5.06. The van der Waals surface area contributed by atoms with Crippen LogP contribution in [0.4, 0.5) is 0 Å². The third-order valence-corrected chi connectivity index (χ3v) is 6.11. The molecule has 180 valence electrons. The fourth-order valence-corrected chi connectivity index (χ4v) is 4.16. The molecule has 34 heavy (non-hydrogen) atoms. The summed E-state index contributed by atoms with van der Waals surface area (Å²) in [7, 11) is 0. The second-order valence-electron chi connectivity index (χ2n) is 9.79. The Kier molecular flexibility index (Phi) is 7.29. The van der Waals surface area contributed by atoms with Gasteiger partial charge in [0.1, 0.15) is 11.5 Å². The van der Waals surface area contributed by atoms with E-state index in [4.69, 9.17) is 4.74 Å². The average Bonchev–Trinajstić information content (AvgIpc) is 3.01. The molecule has 3 rings (SSSR count). The van der Waals surface area contributed by atoms with Crippen molar-refractivity contribution >= 4 is 23.4 Å². The number of amides is 1. The molecule has 0 aromatic heterocycles. The molecule has 2 aromatic carbocycles. The number of ether oxygens (including phenoxy) is 1. The highest BCUT2D eigenvalue weighted by Gasteiger charge is 2.45. The summed E-state index contributed by atoms with van der Waals surface area (Å²) in [5.74, 6) is -1.54. The fraction of sp³-hybridized carbons (Fsp3) is 0.393. The van der Waals surface area contributed by atoms with E-state index in [2.05, 4.69) is 20.8 Å². The molecule has 6 nitrogen and oxygen atoms in total. The number of ketones is 1. The van der Waals surface area contributed by atoms with Gasteiger partial charge in [-0.1, -0.05) is 58.4 Å². The van der Waals surface area contributed by atoms with E-state index in [-0.39, 0.29) is 16.7 Å². The van der Waals surface area contributed by atoms with Gasteiger partial charge in [0.15, 0.2) is 0 Å². The highest BCUT2D eigenvalue weighted by atomic mass is 16.5. The molecule has 0 saturated carbocycles. The number of unbranched alkanes of at least 4 members (excludes halogenated alkanes) is 1. The van der Waals surface area contributed by atoms with Gasteiger partial charge in [-0.05, 0) is 53.6 Å². The predicted octanol–water partition coefficient (Wildman–Crippen LogP) is 5.44. The lowest BCUT2D eigenvalue weighted by atomic mass is 9.84. The summed E-state index contributed by atoms with van der Waals surface area (Å²) in [5.41, 5.74) is 2.97. The first-order chi connectivity index (χ1) is 16.0. The lowest BCUT2D eigenvalue weighted by molar-refractivity contribution is -0.139. The molecule has 1 amide bonds. The highest BCUT2D eigenvalue weighted by Crippen LogP contribution is 2.41. The standard InChI is InChI=1S/C28H33NO5/c1-7-8-15-29-24(19-10-13-21(14-11-19)34-18(3)30)23(26(32)27(29)33)25(31)22-16-20(28(4,5)6)12-9-17(22)2/h9-14,16,24,31H,7-8,15H2,1-6H3/b25-23+. The number of hydrogen-bond donors (Lipinski definition) is 1. The number of aliphatic hydroxyl groups is 1. The summed E-state index contributed by atoms with van der Waals surface area (Å²) in [4.78, 5) is 39.0. The Morgan fingerprint density at radius 1 is 1.09 bits per heavy atom. The minimum Gasteiger partial charge on any atom is -0.507 e. The first kappa shape index (κ1) is 25.2. The van der Waals surface area contributed by atoms with Crippen LogP contribution in [-0.4, -0.2) is 34.2 Å². The minimum absolute atomic E-state index is 0.0792. The van der Waals surface area contributed by atoms with E-state index >= 15 is 0 Å². The Hall–Kier alpha value is -3.41. The van der Waals surface area contributed by atoms with Crippen molar-refractivity contribution in [3.63, 3.8) is 0 Å². The summed E-state index contributed by atoms with van der Waals surface area (Å²) in [6, 6.07) is 11.8. The van der Waals surface area contributed by atoms with Crippen molar-refractivity contribution < 1.29 is 24.2 Å². The number of benzene rings is 2. The summed E-state index contributed by atoms with van der Waals surface area (Å²) in [5, 5.41) is 11.4. The molecule has 1 heterocycles. The van der Waals surface area contributed by atoms with Crippen LogP contribution in [0.15, 0.2) is 48.0 Å². The van der Waals surface area contributed by atoms with Gasteiger partial charge in [0.05, 0.1) is 11.6 Å². The van der Waals surface area contributed by atoms with Gasteiger partial charge in [0.2, 0.25) is 0 Å². The largest absolute Gasteiger partial charge is 0.507 e. The van der Waals surface area contributed by atoms with Crippen LogP contribution < -0.4 is 4.74 Å². The number of likely N-dealkylation sites (tertiary alicyclic amines) is 1. The molecular formula is C28H33NO5. The Morgan fingerprint density at radius 2 is 1.74 bits per heavy atom. The van der Waals surface area contributed by atoms with Crippen molar-refractivity contribution in [3.8, 4) is 5.75 Å². The monoisotopic (exact) mass is 463 g/mol. The molecule has 1 atom stereocenters. The number of rotatable bonds is 6. The third-order valence-electron chi connectivity index (χ3n) is 6.11. The maximum atomic E-state index is 13.2. The molecule has 1 aliphatic heterocycles. The van der Waals surface area contributed by atoms with Crippen molar-refractivity contribution in [1.29, 1.82) is 0 Å². The van der Waals surface area contributed by atoms with Crippen LogP contribution in [0.5, 0.6) is 5.75 Å². The van der Waals surface area contributed by atoms with Crippen molar-refractivity contribution in [2.75, 3.05) is 6.54 Å². The average molecular weight is 464 g/mol. The number of hydrogen-bond acceptors (Lipinski definition) is 5. The quantitative estimate of drug-likeness (QED) is 0.203. The molecular weight excluding hydrogens is 430 g/mol. The zero-order chi connectivity index (χ0) is 25.2. The van der Waals surface area contributed by atoms with Crippen LogP contribution >= 0.6 is 0 Å². The smallest absolute Gasteiger partial charge is 0.308 e. The normalized spacial score (nSPS) is 17.8. The Balaban J connectivity index is 2.18. The molecule has 1 unspecified atom stereocenters. The first-order valence-corrected chi connectivity index (χ1v) is 11.6. The number of nitrogens with zero attached hydrogens (tertiary/aromatic N) is 1. The van der Waals surface area contributed by atoms with Crippen LogP contribution in [0.3, 0.4) is 0 Å². The fourth-order valence-electron chi connectivity index (χ4n) is 4.16. The summed E-state index contributed by atoms with van der Waals surface area (Å²) >= 11 is 0. The van der Waals surface area contributed by atoms with Gasteiger partial charge in [-0.25, -0.2) is 0 Å². The van der Waals surface area contributed by atoms with Crippen LogP contribution in [0, 0.1) is 6.92 Å². The molecule has 1 saturated heterocycles. The predicted molar refractivity (Wildman–Crippen MR) is 132 cm³/mol. The number of carbonyl (C=O) groups is 3. The topological polar surface area (TPSA) is 83.9 Å². The molecule has 6 heteroatoms. The lowest BCUT2D eigenvalue weighted by Gasteiger charge is -2.26. The highest BCUT2D eigenvalue weighted by molar-refractivity contribution is 6.46. The Labute approximate surface area is 201 Å². The van der Waals surface area contributed by atoms with Gasteiger partial charge >= 0.3 is 5.97 Å². The van der Waals surface area contributed by atoms with Gasteiger partial charge in [0, 0.05) is 19.0 Å². The van der Waals surface area contributed by atoms with E-state index in [1.54, 1.807) is 24.3 Å². The van der Waals surface area contributed by atoms with Crippen molar-refractivity contribution in [2.45, 2.75) is 65.8 Å². The maximum absolute atomic E-state index is 13.2. The van der Waals surface area contributed by atoms with Crippen molar-refractivity contribution in [2.24, 2.45) is 0 Å². The zero-order valence-corrected chi connectivity index (χ0v) is 20.8. The van der Waals surface area contributed by atoms with Gasteiger partial charge < -0.3 is 14.7 Å². The molecule has 0 bridgehead atoms. The van der Waals surface area contributed by atoms with E-state index in [0.717, 1.165) is 24.0 Å². The van der Waals surface area contributed by atoms with Gasteiger partial charge in [0.25, 0.3) is 11.7 Å². The van der Waals surface area contributed by atoms with Crippen LogP contribution in [0.25, 0.3) is 5.76 Å². The molecule has 1 N–H and O–H groups in total. The maximum Gasteiger partial charge on any atom is 0.308 e. The van der Waals surface area contributed by atoms with Gasteiger partial charge in [-0.15, -0.1) is 0 Å². The second-order valence-corrected chi connectivity index (χ2v) is 9.79. The lowest BCUT2D eigenvalue weighted by Crippen LogP contribution is -2.30. The van der Waals surface area contributed by atoms with Crippen molar-refractivity contribution in [1.82, 2.24) is 4.90 Å². The number of esters is 1. The van der Waals surface area contributed by atoms with Gasteiger partial charge in [-0.2, -0.15) is 0 Å². The molecule has 0 aliphatic carbocycles. The molecule has 0 spiro atoms. The van der Waals surface area contributed by atoms with E-state index in [9.17, 15) is 19.5 Å². The second kappa shape index (κ2) is 9.84. The van der Waals surface area contributed by atoms with Gasteiger partial charge in [-0.3, -0.25) is 14.4 Å². The number of aryl methyl sites for hydroxylation is 1. The first-order valence-electron chi connectivity index (χ1n) is 11.6. The van der Waals surface area contributed by atoms with E-state index in [1.165, 1.54) is 11.8 Å². The SMILES string of the molecule is CCCCN1C(=O)C(=O)/C(=C(/O)c2cc(C(C)(C)C)ccc2C)C1c1ccc(OC(C)=O)cc1. The molecule has 1 fully saturated rings. The van der Waals surface area contributed by atoms with Crippen molar-refractivity contribution in [3.05, 3.63) is 70.3 Å². The summed E-state index contributed by atoms with van der Waals surface area (Å²) in [6.45, 7) is 11.8. The summed E-state index contributed by atoms with van der Waals surface area (Å²) in [6.07, 6.45) is 1.58. The van der Waals surface area contributed by atoms with Crippen LogP contribution in [0.2, 0.25) is 0 Å². The number of Topliss-reactive ketones (excluding diaryl/α,β-unsaturated/α-hetero) is 1. The Morgan fingerprint density at radius 3 is 2.29 bits per heavy atom. The molecule has 0 radical (unpaired) electrons. The number of carbonyl (C=O) groups excluding carboxylic acids is 3. The Bertz CT molecular complexity index is 1140. The van der Waals surface area contributed by atoms with E-state index in [1.807, 2.05) is 32.0 Å². The van der Waals surface area contributed by atoms with Crippen LogP contribution in [-0.2, 0) is 19.8 Å².